The molecule has 0 bridgehead atoms. The molecule has 1 fully saturated rings. The van der Waals surface area contributed by atoms with Gasteiger partial charge in [0.15, 0.2) is 0 Å². The van der Waals surface area contributed by atoms with Crippen molar-refractivity contribution < 1.29 is 9.53 Å². The number of nitrogens with one attached hydrogen (secondary N) is 2. The molecule has 112 valence electrons. The Morgan fingerprint density at radius 2 is 2.21 bits per heavy atom. The zero-order chi connectivity index (χ0) is 14.1. The molecule has 0 radical (unpaired) electrons. The Kier molecular flexibility index (Phi) is 7.39. The summed E-state index contributed by atoms with van der Waals surface area (Å²) < 4.78 is 5.52. The molecule has 1 atom stereocenters. The van der Waals surface area contributed by atoms with Crippen LogP contribution in [0.25, 0.3) is 0 Å². The standard InChI is InChI=1S/C15H30N2O2/c1-4-6-15(7-8-16-12-15)14(18)17-9-11-19-10-5-13(2)3/h13,16H,4-12H2,1-3H3,(H,17,18). The summed E-state index contributed by atoms with van der Waals surface area (Å²) in [5.74, 6) is 0.874. The summed E-state index contributed by atoms with van der Waals surface area (Å²) in [5.41, 5.74) is -0.174. The Bertz CT molecular complexity index is 261. The molecule has 1 rings (SSSR count). The molecule has 19 heavy (non-hydrogen) atoms. The third-order valence-electron chi connectivity index (χ3n) is 3.83. The van der Waals surface area contributed by atoms with E-state index >= 15 is 0 Å². The van der Waals surface area contributed by atoms with Crippen molar-refractivity contribution in [3.8, 4) is 0 Å². The van der Waals surface area contributed by atoms with Gasteiger partial charge in [-0.05, 0) is 31.7 Å². The van der Waals surface area contributed by atoms with Crippen LogP contribution in [0.15, 0.2) is 0 Å². The van der Waals surface area contributed by atoms with Gasteiger partial charge in [0.1, 0.15) is 0 Å². The van der Waals surface area contributed by atoms with Crippen molar-refractivity contribution in [3.05, 3.63) is 0 Å². The van der Waals surface area contributed by atoms with Gasteiger partial charge in [0.05, 0.1) is 12.0 Å². The Morgan fingerprint density at radius 1 is 1.42 bits per heavy atom. The first-order chi connectivity index (χ1) is 9.10. The maximum atomic E-state index is 12.3. The van der Waals surface area contributed by atoms with Crippen LogP contribution in [0.5, 0.6) is 0 Å². The average Bonchev–Trinajstić information content (AvgIpc) is 2.83. The Morgan fingerprint density at radius 3 is 2.79 bits per heavy atom. The SMILES string of the molecule is CCCC1(C(=O)NCCOCCC(C)C)CCNC1. The summed E-state index contributed by atoms with van der Waals surface area (Å²) in [4.78, 5) is 12.3. The second-order valence-electron chi connectivity index (χ2n) is 6.01. The predicted octanol–water partition coefficient (Wildman–Crippen LogP) is 1.95. The third kappa shape index (κ3) is 5.49. The Hall–Kier alpha value is -0.610. The summed E-state index contributed by atoms with van der Waals surface area (Å²) in [5, 5.41) is 6.34. The van der Waals surface area contributed by atoms with Crippen LogP contribution >= 0.6 is 0 Å². The molecule has 2 N–H and O–H groups in total. The monoisotopic (exact) mass is 270 g/mol. The normalized spacial score (nSPS) is 22.9. The summed E-state index contributed by atoms with van der Waals surface area (Å²) in [6.07, 6.45) is 4.07. The van der Waals surface area contributed by atoms with Crippen molar-refractivity contribution in [2.45, 2.75) is 46.5 Å². The minimum absolute atomic E-state index is 0.174. The van der Waals surface area contributed by atoms with Crippen molar-refractivity contribution in [3.63, 3.8) is 0 Å². The van der Waals surface area contributed by atoms with Gasteiger partial charge < -0.3 is 15.4 Å². The van der Waals surface area contributed by atoms with Crippen LogP contribution in [0.1, 0.15) is 46.5 Å². The molecule has 1 saturated heterocycles. The van der Waals surface area contributed by atoms with Gasteiger partial charge in [-0.1, -0.05) is 27.2 Å². The van der Waals surface area contributed by atoms with Gasteiger partial charge in [-0.25, -0.2) is 0 Å². The van der Waals surface area contributed by atoms with E-state index in [0.717, 1.165) is 45.4 Å². The van der Waals surface area contributed by atoms with Crippen molar-refractivity contribution in [2.75, 3.05) is 32.8 Å². The van der Waals surface area contributed by atoms with Gasteiger partial charge >= 0.3 is 0 Å². The number of hydrogen-bond acceptors (Lipinski definition) is 3. The highest BCUT2D eigenvalue weighted by Gasteiger charge is 2.39. The van der Waals surface area contributed by atoms with E-state index in [1.54, 1.807) is 0 Å². The van der Waals surface area contributed by atoms with Gasteiger partial charge in [-0.15, -0.1) is 0 Å². The lowest BCUT2D eigenvalue weighted by Gasteiger charge is -2.26. The van der Waals surface area contributed by atoms with Gasteiger partial charge in [-0.3, -0.25) is 4.79 Å². The van der Waals surface area contributed by atoms with E-state index in [4.69, 9.17) is 4.74 Å². The second kappa shape index (κ2) is 8.54. The first kappa shape index (κ1) is 16.4. The maximum Gasteiger partial charge on any atom is 0.227 e. The van der Waals surface area contributed by atoms with Crippen molar-refractivity contribution >= 4 is 5.91 Å². The average molecular weight is 270 g/mol. The number of hydrogen-bond donors (Lipinski definition) is 2. The van der Waals surface area contributed by atoms with Crippen LogP contribution < -0.4 is 10.6 Å². The molecule has 1 heterocycles. The van der Waals surface area contributed by atoms with E-state index in [0.29, 0.717) is 19.1 Å². The van der Waals surface area contributed by atoms with E-state index in [2.05, 4.69) is 31.4 Å². The molecule has 0 spiro atoms. The fourth-order valence-electron chi connectivity index (χ4n) is 2.59. The fourth-order valence-corrected chi connectivity index (χ4v) is 2.59. The molecule has 0 aromatic rings. The van der Waals surface area contributed by atoms with E-state index < -0.39 is 0 Å². The minimum Gasteiger partial charge on any atom is -0.380 e. The summed E-state index contributed by atoms with van der Waals surface area (Å²) in [6, 6.07) is 0. The molecular formula is C15H30N2O2. The number of ether oxygens (including phenoxy) is 1. The van der Waals surface area contributed by atoms with E-state index in [1.807, 2.05) is 0 Å². The van der Waals surface area contributed by atoms with Gasteiger partial charge in [0.25, 0.3) is 0 Å². The zero-order valence-electron chi connectivity index (χ0n) is 12.8. The molecule has 1 amide bonds. The number of carbonyl (C=O) groups is 1. The fraction of sp³-hybridized carbons (Fsp3) is 0.933. The highest BCUT2D eigenvalue weighted by atomic mass is 16.5. The topological polar surface area (TPSA) is 50.4 Å². The molecule has 0 aliphatic carbocycles. The molecule has 1 aliphatic rings. The predicted molar refractivity (Wildman–Crippen MR) is 78.1 cm³/mol. The van der Waals surface area contributed by atoms with Crippen LogP contribution in [0.4, 0.5) is 0 Å². The summed E-state index contributed by atoms with van der Waals surface area (Å²) in [7, 11) is 0. The second-order valence-corrected chi connectivity index (χ2v) is 6.01. The van der Waals surface area contributed by atoms with Gasteiger partial charge in [-0.2, -0.15) is 0 Å². The number of amides is 1. The highest BCUT2D eigenvalue weighted by molar-refractivity contribution is 5.83. The van der Waals surface area contributed by atoms with E-state index in [9.17, 15) is 4.79 Å². The van der Waals surface area contributed by atoms with Crippen molar-refractivity contribution in [1.29, 1.82) is 0 Å². The van der Waals surface area contributed by atoms with Crippen LogP contribution in [0.3, 0.4) is 0 Å². The van der Waals surface area contributed by atoms with E-state index in [1.165, 1.54) is 0 Å². The Labute approximate surface area is 117 Å². The van der Waals surface area contributed by atoms with Crippen LogP contribution in [-0.4, -0.2) is 38.8 Å². The first-order valence-electron chi connectivity index (χ1n) is 7.67. The zero-order valence-corrected chi connectivity index (χ0v) is 12.8. The lowest BCUT2D eigenvalue weighted by molar-refractivity contribution is -0.130. The molecule has 1 unspecified atom stereocenters. The molecule has 1 aliphatic heterocycles. The molecule has 4 nitrogen and oxygen atoms in total. The first-order valence-corrected chi connectivity index (χ1v) is 7.67. The molecular weight excluding hydrogens is 240 g/mol. The van der Waals surface area contributed by atoms with Crippen LogP contribution in [-0.2, 0) is 9.53 Å². The molecule has 0 aromatic heterocycles. The quantitative estimate of drug-likeness (QED) is 0.630. The van der Waals surface area contributed by atoms with Gasteiger partial charge in [0, 0.05) is 19.7 Å². The van der Waals surface area contributed by atoms with Crippen molar-refractivity contribution in [1.82, 2.24) is 10.6 Å². The van der Waals surface area contributed by atoms with E-state index in [-0.39, 0.29) is 11.3 Å². The van der Waals surface area contributed by atoms with Gasteiger partial charge in [0.2, 0.25) is 5.91 Å². The van der Waals surface area contributed by atoms with Crippen LogP contribution in [0, 0.1) is 11.3 Å². The van der Waals surface area contributed by atoms with Crippen LogP contribution in [0.2, 0.25) is 0 Å². The largest absolute Gasteiger partial charge is 0.380 e. The lowest BCUT2D eigenvalue weighted by atomic mass is 9.81. The molecule has 4 heteroatoms. The smallest absolute Gasteiger partial charge is 0.227 e. The molecule has 0 aromatic carbocycles. The molecule has 0 saturated carbocycles. The summed E-state index contributed by atoms with van der Waals surface area (Å²) in [6.45, 7) is 10.3. The van der Waals surface area contributed by atoms with Crippen molar-refractivity contribution in [2.24, 2.45) is 11.3 Å². The number of carbonyl (C=O) groups excluding carboxylic acids is 1. The summed E-state index contributed by atoms with van der Waals surface area (Å²) >= 11 is 0. The lowest BCUT2D eigenvalue weighted by Crippen LogP contribution is -2.43. The number of rotatable bonds is 9. The third-order valence-corrected chi connectivity index (χ3v) is 3.83. The highest BCUT2D eigenvalue weighted by Crippen LogP contribution is 2.31. The maximum absolute atomic E-state index is 12.3. The minimum atomic E-state index is -0.174. The Balaban J connectivity index is 2.18.